The van der Waals surface area contributed by atoms with Gasteiger partial charge in [-0.3, -0.25) is 0 Å². The van der Waals surface area contributed by atoms with E-state index in [0.717, 1.165) is 23.6 Å². The van der Waals surface area contributed by atoms with Crippen molar-refractivity contribution < 1.29 is 0 Å². The van der Waals surface area contributed by atoms with Crippen molar-refractivity contribution in [2.24, 2.45) is 10.7 Å². The summed E-state index contributed by atoms with van der Waals surface area (Å²) in [7, 11) is 0. The van der Waals surface area contributed by atoms with Crippen LogP contribution in [0.15, 0.2) is 29.8 Å². The summed E-state index contributed by atoms with van der Waals surface area (Å²) in [4.78, 5) is 4.10. The molecule has 0 spiro atoms. The van der Waals surface area contributed by atoms with Crippen LogP contribution in [-0.2, 0) is 0 Å². The minimum Gasteiger partial charge on any atom is -0.370 e. The zero-order chi connectivity index (χ0) is 10.8. The van der Waals surface area contributed by atoms with Crippen LogP contribution in [0.3, 0.4) is 0 Å². The van der Waals surface area contributed by atoms with Crippen LogP contribution in [0.4, 0.5) is 0 Å². The van der Waals surface area contributed by atoms with Gasteiger partial charge in [0.15, 0.2) is 5.96 Å². The zero-order valence-electron chi connectivity index (χ0n) is 9.16. The van der Waals surface area contributed by atoms with Gasteiger partial charge in [0.1, 0.15) is 0 Å². The van der Waals surface area contributed by atoms with Gasteiger partial charge in [-0.25, -0.2) is 4.99 Å². The number of hydrogen-bond donors (Lipinski definition) is 2. The summed E-state index contributed by atoms with van der Waals surface area (Å²) < 4.78 is 0. The lowest BCUT2D eigenvalue weighted by Crippen LogP contribution is -2.33. The van der Waals surface area contributed by atoms with E-state index in [9.17, 15) is 0 Å². The number of nitrogens with one attached hydrogen (secondary N) is 1. The van der Waals surface area contributed by atoms with Crippen LogP contribution in [0.5, 0.6) is 0 Å². The van der Waals surface area contributed by atoms with Gasteiger partial charge in [0.2, 0.25) is 0 Å². The van der Waals surface area contributed by atoms with E-state index in [-0.39, 0.29) is 24.0 Å². The molecule has 0 saturated carbocycles. The number of aliphatic imine (C=N–C) groups is 1. The normalized spacial score (nSPS) is 10.3. The molecule has 5 heteroatoms. The molecule has 0 atom stereocenters. The lowest BCUT2D eigenvalue weighted by molar-refractivity contribution is 0.947. The summed E-state index contributed by atoms with van der Waals surface area (Å²) in [5, 5.41) is 3.03. The molecule has 3 N–H and O–H groups in total. The summed E-state index contributed by atoms with van der Waals surface area (Å²) in [6.07, 6.45) is 1.89. The number of halogens is 1. The fourth-order valence-corrected chi connectivity index (χ4v) is 1.27. The van der Waals surface area contributed by atoms with Gasteiger partial charge >= 0.3 is 0 Å². The quantitative estimate of drug-likeness (QED) is 0.245. The molecule has 0 bridgehead atoms. The monoisotopic (exact) mass is 341 g/mol. The number of rotatable bonds is 7. The van der Waals surface area contributed by atoms with E-state index in [1.54, 1.807) is 0 Å². The van der Waals surface area contributed by atoms with Gasteiger partial charge in [0.25, 0.3) is 0 Å². The Morgan fingerprint density at radius 1 is 1.60 bits per heavy atom. The van der Waals surface area contributed by atoms with Gasteiger partial charge in [-0.1, -0.05) is 18.2 Å². The number of nitrogens with zero attached hydrogens (tertiary/aromatic N) is 1. The predicted molar refractivity (Wildman–Crippen MR) is 82.2 cm³/mol. The number of thioether (sulfide) groups is 1. The van der Waals surface area contributed by atoms with Crippen LogP contribution >= 0.6 is 35.7 Å². The first kappa shape index (κ1) is 17.2. The molecular weight excluding hydrogens is 321 g/mol. The van der Waals surface area contributed by atoms with Crippen LogP contribution in [-0.4, -0.2) is 30.6 Å². The first-order chi connectivity index (χ1) is 6.66. The first-order valence-corrected chi connectivity index (χ1v) is 5.69. The molecular formula is C10H20IN3S. The second-order valence-electron chi connectivity index (χ2n) is 2.95. The van der Waals surface area contributed by atoms with E-state index in [1.807, 2.05) is 24.8 Å². The second kappa shape index (κ2) is 11.9. The fraction of sp³-hybridized carbons (Fsp3) is 0.500. The summed E-state index contributed by atoms with van der Waals surface area (Å²) >= 11 is 1.81. The van der Waals surface area contributed by atoms with E-state index >= 15 is 0 Å². The van der Waals surface area contributed by atoms with E-state index in [4.69, 9.17) is 5.73 Å². The molecule has 0 amide bonds. The van der Waals surface area contributed by atoms with E-state index < -0.39 is 0 Å². The van der Waals surface area contributed by atoms with Crippen LogP contribution in [0, 0.1) is 0 Å². The summed E-state index contributed by atoms with van der Waals surface area (Å²) in [5.41, 5.74) is 6.62. The molecule has 88 valence electrons. The largest absolute Gasteiger partial charge is 0.370 e. The fourth-order valence-electron chi connectivity index (χ4n) is 0.694. The van der Waals surface area contributed by atoms with Crippen LogP contribution in [0.2, 0.25) is 0 Å². The van der Waals surface area contributed by atoms with Crippen molar-refractivity contribution in [2.75, 3.05) is 24.6 Å². The van der Waals surface area contributed by atoms with Crippen LogP contribution < -0.4 is 11.1 Å². The first-order valence-electron chi connectivity index (χ1n) is 4.53. The molecule has 0 heterocycles. The third-order valence-electron chi connectivity index (χ3n) is 1.31. The van der Waals surface area contributed by atoms with Crippen molar-refractivity contribution in [1.82, 2.24) is 5.32 Å². The Kier molecular flexibility index (Phi) is 13.7. The maximum Gasteiger partial charge on any atom is 0.188 e. The number of hydrogen-bond acceptors (Lipinski definition) is 2. The summed E-state index contributed by atoms with van der Waals surface area (Å²) in [6.45, 7) is 10.7. The van der Waals surface area contributed by atoms with Crippen molar-refractivity contribution in [3.8, 4) is 0 Å². The molecule has 0 aliphatic carbocycles. The third kappa shape index (κ3) is 13.8. The minimum absolute atomic E-state index is 0. The van der Waals surface area contributed by atoms with Gasteiger partial charge < -0.3 is 11.1 Å². The second-order valence-corrected chi connectivity index (χ2v) is 4.10. The number of nitrogens with two attached hydrogens (primary N) is 1. The zero-order valence-corrected chi connectivity index (χ0v) is 12.3. The topological polar surface area (TPSA) is 50.4 Å². The van der Waals surface area contributed by atoms with E-state index in [2.05, 4.69) is 23.5 Å². The molecule has 0 radical (unpaired) electrons. The Morgan fingerprint density at radius 3 is 2.80 bits per heavy atom. The molecule has 3 nitrogen and oxygen atoms in total. The lowest BCUT2D eigenvalue weighted by Gasteiger charge is -2.04. The van der Waals surface area contributed by atoms with Crippen molar-refractivity contribution in [3.63, 3.8) is 0 Å². The van der Waals surface area contributed by atoms with Gasteiger partial charge in [0, 0.05) is 18.1 Å². The highest BCUT2D eigenvalue weighted by Crippen LogP contribution is 1.96. The minimum atomic E-state index is 0. The maximum absolute atomic E-state index is 5.61. The Labute approximate surface area is 114 Å². The maximum atomic E-state index is 5.61. The van der Waals surface area contributed by atoms with Gasteiger partial charge in [0.05, 0.1) is 6.54 Å². The van der Waals surface area contributed by atoms with Crippen LogP contribution in [0.1, 0.15) is 6.92 Å². The molecule has 0 fully saturated rings. The Bertz CT molecular complexity index is 217. The Hall–Kier alpha value is -0.170. The highest BCUT2D eigenvalue weighted by molar-refractivity contribution is 14.0. The highest BCUT2D eigenvalue weighted by Gasteiger charge is 1.90. The third-order valence-corrected chi connectivity index (χ3v) is 2.27. The van der Waals surface area contributed by atoms with Crippen molar-refractivity contribution in [1.29, 1.82) is 0 Å². The molecule has 0 unspecified atom stereocenters. The predicted octanol–water partition coefficient (Wildman–Crippen LogP) is 2.00. The molecule has 0 rings (SSSR count). The molecule has 0 aromatic carbocycles. The molecule has 15 heavy (non-hydrogen) atoms. The van der Waals surface area contributed by atoms with Crippen molar-refractivity contribution in [3.05, 3.63) is 24.8 Å². The molecule has 0 aromatic rings. The summed E-state index contributed by atoms with van der Waals surface area (Å²) in [5.74, 6) is 2.48. The highest BCUT2D eigenvalue weighted by atomic mass is 127. The van der Waals surface area contributed by atoms with Gasteiger partial charge in [-0.05, 0) is 6.92 Å². The summed E-state index contributed by atoms with van der Waals surface area (Å²) in [6, 6.07) is 0. The molecule has 0 aromatic heterocycles. The molecule has 0 aliphatic rings. The SMILES string of the molecule is C=CCSCCNC(N)=NCC(=C)C.I. The molecule has 0 aliphatic heterocycles. The van der Waals surface area contributed by atoms with Crippen molar-refractivity contribution >= 4 is 41.7 Å². The van der Waals surface area contributed by atoms with Crippen molar-refractivity contribution in [2.45, 2.75) is 6.92 Å². The van der Waals surface area contributed by atoms with Gasteiger partial charge in [-0.2, -0.15) is 11.8 Å². The van der Waals surface area contributed by atoms with E-state index in [0.29, 0.717) is 12.5 Å². The van der Waals surface area contributed by atoms with Gasteiger partial charge in [-0.15, -0.1) is 30.6 Å². The smallest absolute Gasteiger partial charge is 0.188 e. The molecule has 0 saturated heterocycles. The average molecular weight is 341 g/mol. The van der Waals surface area contributed by atoms with Crippen LogP contribution in [0.25, 0.3) is 0 Å². The lowest BCUT2D eigenvalue weighted by atomic mass is 10.4. The average Bonchev–Trinajstić information content (AvgIpc) is 2.14. The number of guanidine groups is 1. The van der Waals surface area contributed by atoms with E-state index in [1.165, 1.54) is 0 Å². The standard InChI is InChI=1S/C10H19N3S.HI/c1-4-6-14-7-5-12-10(11)13-8-9(2)3;/h4H,1-2,5-8H2,3H3,(H3,11,12,13);1H. The Morgan fingerprint density at radius 2 is 2.27 bits per heavy atom. The Balaban J connectivity index is 0.